The number of methoxy groups -OCH3 is 3. The Morgan fingerprint density at radius 1 is 0.485 bits per heavy atom. The van der Waals surface area contributed by atoms with Gasteiger partial charge in [0.05, 0.1) is 21.3 Å². The SMILES string of the molecule is COc1cc(F)c(F)c(B(c2c(F)cc(F)cc2OC)c2c(F)c(F)cc(OC)c2F)c1F. The number of hydrogen-bond donors (Lipinski definition) is 0. The largest absolute Gasteiger partial charge is 0.497 e. The minimum Gasteiger partial charge on any atom is -0.497 e. The summed E-state index contributed by atoms with van der Waals surface area (Å²) in [7, 11) is 2.69. The van der Waals surface area contributed by atoms with Gasteiger partial charge in [-0.25, -0.2) is 35.1 Å². The van der Waals surface area contributed by atoms with E-state index in [0.29, 0.717) is 18.2 Å². The zero-order valence-electron chi connectivity index (χ0n) is 17.1. The first-order valence-electron chi connectivity index (χ1n) is 9.02. The molecule has 33 heavy (non-hydrogen) atoms. The van der Waals surface area contributed by atoms with Gasteiger partial charge in [0.25, 0.3) is 6.71 Å². The van der Waals surface area contributed by atoms with Gasteiger partial charge >= 0.3 is 0 Å². The van der Waals surface area contributed by atoms with E-state index in [2.05, 4.69) is 9.47 Å². The van der Waals surface area contributed by atoms with E-state index in [9.17, 15) is 26.3 Å². The molecule has 3 aromatic carbocycles. The van der Waals surface area contributed by atoms with Crippen LogP contribution in [0.25, 0.3) is 0 Å². The standard InChI is InChI=1S/C21H13BF8O3/c1-31-12-5-8(23)4-9(24)15(12)22(16-18(27)10(25)6-13(32-2)20(16)29)17-19(28)11(26)7-14(33-3)21(17)30/h4-7H,1-3H3. The van der Waals surface area contributed by atoms with Gasteiger partial charge in [0.1, 0.15) is 17.4 Å². The molecule has 0 atom stereocenters. The number of benzene rings is 3. The van der Waals surface area contributed by atoms with E-state index in [1.807, 2.05) is 0 Å². The molecule has 0 spiro atoms. The van der Waals surface area contributed by atoms with Gasteiger partial charge in [-0.1, -0.05) is 0 Å². The zero-order valence-corrected chi connectivity index (χ0v) is 17.1. The highest BCUT2D eigenvalue weighted by Gasteiger charge is 2.41. The Balaban J connectivity index is 2.59. The van der Waals surface area contributed by atoms with E-state index in [4.69, 9.17) is 4.74 Å². The second-order valence-electron chi connectivity index (χ2n) is 6.64. The quantitative estimate of drug-likeness (QED) is 0.311. The molecule has 3 rings (SSSR count). The fourth-order valence-corrected chi connectivity index (χ4v) is 3.45. The van der Waals surface area contributed by atoms with Crippen molar-refractivity contribution in [1.29, 1.82) is 0 Å². The third kappa shape index (κ3) is 4.05. The molecule has 0 fully saturated rings. The molecule has 0 aliphatic heterocycles. The number of rotatable bonds is 6. The van der Waals surface area contributed by atoms with Crippen molar-refractivity contribution in [3.63, 3.8) is 0 Å². The molecule has 0 amide bonds. The predicted molar refractivity (Wildman–Crippen MR) is 103 cm³/mol. The van der Waals surface area contributed by atoms with E-state index < -0.39 is 86.9 Å². The van der Waals surface area contributed by atoms with Gasteiger partial charge in [-0.3, -0.25) is 0 Å². The fourth-order valence-electron chi connectivity index (χ4n) is 3.45. The van der Waals surface area contributed by atoms with Crippen molar-refractivity contribution in [3.05, 3.63) is 70.8 Å². The van der Waals surface area contributed by atoms with E-state index >= 15 is 8.78 Å². The summed E-state index contributed by atoms with van der Waals surface area (Å²) in [6.07, 6.45) is 0. The van der Waals surface area contributed by atoms with Crippen LogP contribution in [0.15, 0.2) is 24.3 Å². The molecule has 0 heterocycles. The number of hydrogen-bond acceptors (Lipinski definition) is 3. The summed E-state index contributed by atoms with van der Waals surface area (Å²) >= 11 is 0. The van der Waals surface area contributed by atoms with E-state index in [1.165, 1.54) is 0 Å². The van der Waals surface area contributed by atoms with Crippen molar-refractivity contribution in [2.45, 2.75) is 0 Å². The first-order chi connectivity index (χ1) is 15.6. The molecule has 0 unspecified atom stereocenters. The maximum atomic E-state index is 15.2. The maximum absolute atomic E-state index is 15.2. The van der Waals surface area contributed by atoms with Crippen LogP contribution in [0, 0.1) is 46.5 Å². The van der Waals surface area contributed by atoms with Gasteiger partial charge < -0.3 is 14.2 Å². The van der Waals surface area contributed by atoms with Gasteiger partial charge in [-0.2, -0.15) is 0 Å². The Kier molecular flexibility index (Phi) is 6.75. The summed E-state index contributed by atoms with van der Waals surface area (Å²) in [4.78, 5) is 0. The third-order valence-corrected chi connectivity index (χ3v) is 4.90. The van der Waals surface area contributed by atoms with E-state index in [1.54, 1.807) is 0 Å². The van der Waals surface area contributed by atoms with E-state index in [0.717, 1.165) is 21.3 Å². The Morgan fingerprint density at radius 3 is 1.30 bits per heavy atom. The van der Waals surface area contributed by atoms with Crippen molar-refractivity contribution in [1.82, 2.24) is 0 Å². The van der Waals surface area contributed by atoms with Crippen LogP contribution in [0.1, 0.15) is 0 Å². The van der Waals surface area contributed by atoms with Crippen molar-refractivity contribution in [2.24, 2.45) is 0 Å². The van der Waals surface area contributed by atoms with Gasteiger partial charge in [0, 0.05) is 40.7 Å². The van der Waals surface area contributed by atoms with Crippen molar-refractivity contribution >= 4 is 23.1 Å². The Hall–Kier alpha value is -3.44. The lowest BCUT2D eigenvalue weighted by molar-refractivity contribution is 0.378. The molecule has 0 saturated carbocycles. The molecule has 0 bridgehead atoms. The molecule has 0 saturated heterocycles. The Bertz CT molecular complexity index is 1170. The van der Waals surface area contributed by atoms with Gasteiger partial charge in [0.2, 0.25) is 0 Å². The average Bonchev–Trinajstić information content (AvgIpc) is 2.77. The summed E-state index contributed by atoms with van der Waals surface area (Å²) in [5.41, 5.74) is -3.89. The smallest absolute Gasteiger partial charge is 0.265 e. The van der Waals surface area contributed by atoms with Crippen LogP contribution in [-0.2, 0) is 0 Å². The minimum absolute atomic E-state index is 0.240. The molecule has 0 N–H and O–H groups in total. The maximum Gasteiger partial charge on any atom is 0.265 e. The highest BCUT2D eigenvalue weighted by Crippen LogP contribution is 2.25. The van der Waals surface area contributed by atoms with Gasteiger partial charge in [-0.05, 0) is 0 Å². The zero-order chi connectivity index (χ0) is 24.6. The lowest BCUT2D eigenvalue weighted by Gasteiger charge is -2.22. The minimum atomic E-state index is -2.55. The highest BCUT2D eigenvalue weighted by molar-refractivity contribution is 6.96. The summed E-state index contributed by atoms with van der Waals surface area (Å²) in [5, 5.41) is 0. The summed E-state index contributed by atoms with van der Waals surface area (Å²) in [5.74, 6) is -16.1. The molecule has 0 aliphatic carbocycles. The van der Waals surface area contributed by atoms with Crippen LogP contribution >= 0.6 is 0 Å². The molecule has 3 aromatic rings. The average molecular weight is 476 g/mol. The summed E-state index contributed by atoms with van der Waals surface area (Å²) in [6, 6.07) is 1.42. The fraction of sp³-hybridized carbons (Fsp3) is 0.143. The van der Waals surface area contributed by atoms with Crippen LogP contribution in [0.2, 0.25) is 0 Å². The number of ether oxygens (including phenoxy) is 3. The second-order valence-corrected chi connectivity index (χ2v) is 6.64. The molecule has 12 heteroatoms. The Morgan fingerprint density at radius 2 is 0.909 bits per heavy atom. The van der Waals surface area contributed by atoms with E-state index in [-0.39, 0.29) is 6.07 Å². The molecule has 0 radical (unpaired) electrons. The predicted octanol–water partition coefficient (Wildman–Crippen LogP) is 3.34. The summed E-state index contributed by atoms with van der Waals surface area (Å²) < 4.78 is 132. The lowest BCUT2D eigenvalue weighted by Crippen LogP contribution is -2.58. The summed E-state index contributed by atoms with van der Waals surface area (Å²) in [6.45, 7) is -2.55. The van der Waals surface area contributed by atoms with Crippen molar-refractivity contribution in [2.75, 3.05) is 21.3 Å². The van der Waals surface area contributed by atoms with Crippen LogP contribution in [0.5, 0.6) is 17.2 Å². The first kappa shape index (κ1) is 24.2. The van der Waals surface area contributed by atoms with Crippen molar-refractivity contribution < 1.29 is 49.3 Å². The monoisotopic (exact) mass is 476 g/mol. The van der Waals surface area contributed by atoms with Crippen LogP contribution in [-0.4, -0.2) is 28.0 Å². The number of halogens is 8. The molecule has 0 aliphatic rings. The molecule has 174 valence electrons. The molecule has 3 nitrogen and oxygen atoms in total. The van der Waals surface area contributed by atoms with Crippen LogP contribution in [0.4, 0.5) is 35.1 Å². The first-order valence-corrected chi connectivity index (χ1v) is 9.02. The topological polar surface area (TPSA) is 27.7 Å². The third-order valence-electron chi connectivity index (χ3n) is 4.90. The highest BCUT2D eigenvalue weighted by atomic mass is 19.2. The van der Waals surface area contributed by atoms with Crippen LogP contribution < -0.4 is 30.6 Å². The van der Waals surface area contributed by atoms with Gasteiger partial charge in [0.15, 0.2) is 46.4 Å². The normalized spacial score (nSPS) is 10.9. The molecule has 0 aromatic heterocycles. The molecular formula is C21H13BF8O3. The van der Waals surface area contributed by atoms with Crippen molar-refractivity contribution in [3.8, 4) is 17.2 Å². The Labute approximate surface area is 182 Å². The lowest BCUT2D eigenvalue weighted by atomic mass is 9.35. The van der Waals surface area contributed by atoms with Crippen LogP contribution in [0.3, 0.4) is 0 Å². The second kappa shape index (κ2) is 9.20. The molecular weight excluding hydrogens is 463 g/mol. The van der Waals surface area contributed by atoms with Gasteiger partial charge in [-0.15, -0.1) is 0 Å².